The van der Waals surface area contributed by atoms with Gasteiger partial charge in [0.25, 0.3) is 5.91 Å². The minimum Gasteiger partial charge on any atom is -0.350 e. The number of aryl methyl sites for hydroxylation is 1. The van der Waals surface area contributed by atoms with Gasteiger partial charge in [-0.25, -0.2) is 4.39 Å². The van der Waals surface area contributed by atoms with Crippen molar-refractivity contribution in [1.82, 2.24) is 20.1 Å². The van der Waals surface area contributed by atoms with Gasteiger partial charge in [0.15, 0.2) is 0 Å². The molecule has 1 aliphatic carbocycles. The van der Waals surface area contributed by atoms with Crippen LogP contribution in [0.15, 0.2) is 18.2 Å². The number of rotatable bonds is 3. The third-order valence-electron chi connectivity index (χ3n) is 6.77. The Balaban J connectivity index is 1.41. The third-order valence-corrected chi connectivity index (χ3v) is 6.77. The van der Waals surface area contributed by atoms with E-state index in [1.54, 1.807) is 19.1 Å². The number of amides is 2. The van der Waals surface area contributed by atoms with E-state index in [2.05, 4.69) is 22.1 Å². The maximum Gasteiger partial charge on any atom is 0.267 e. The third kappa shape index (κ3) is 4.08. The molecule has 30 heavy (non-hydrogen) atoms. The molecule has 2 N–H and O–H groups in total. The van der Waals surface area contributed by atoms with Crippen molar-refractivity contribution in [2.24, 2.45) is 0 Å². The Morgan fingerprint density at radius 2 is 2.03 bits per heavy atom. The molecule has 2 fully saturated rings. The average Bonchev–Trinajstić information content (AvgIpc) is 3.18. The van der Waals surface area contributed by atoms with Crippen molar-refractivity contribution in [3.63, 3.8) is 0 Å². The second-order valence-corrected chi connectivity index (χ2v) is 8.88. The minimum atomic E-state index is -0.317. The summed E-state index contributed by atoms with van der Waals surface area (Å²) in [4.78, 5) is 32.0. The van der Waals surface area contributed by atoms with Gasteiger partial charge in [-0.3, -0.25) is 14.5 Å². The van der Waals surface area contributed by atoms with Gasteiger partial charge in [0, 0.05) is 50.1 Å². The van der Waals surface area contributed by atoms with E-state index in [1.807, 2.05) is 11.8 Å². The maximum absolute atomic E-state index is 14.1. The number of halogens is 1. The van der Waals surface area contributed by atoms with Crippen LogP contribution >= 0.6 is 0 Å². The number of benzene rings is 1. The molecule has 4 rings (SSSR count). The van der Waals surface area contributed by atoms with Crippen LogP contribution in [0, 0.1) is 12.7 Å². The van der Waals surface area contributed by atoms with Gasteiger partial charge in [-0.05, 0) is 57.2 Å². The van der Waals surface area contributed by atoms with E-state index in [0.29, 0.717) is 28.7 Å². The van der Waals surface area contributed by atoms with Crippen molar-refractivity contribution in [3.05, 3.63) is 35.3 Å². The number of carbonyl (C=O) groups excluding carboxylic acids is 2. The number of carbonyl (C=O) groups is 2. The van der Waals surface area contributed by atoms with Crippen LogP contribution in [0.2, 0.25) is 0 Å². The highest BCUT2D eigenvalue weighted by Crippen LogP contribution is 2.27. The van der Waals surface area contributed by atoms with Crippen LogP contribution in [0.5, 0.6) is 0 Å². The fourth-order valence-corrected chi connectivity index (χ4v) is 5.11. The molecule has 7 heteroatoms. The van der Waals surface area contributed by atoms with E-state index < -0.39 is 0 Å². The van der Waals surface area contributed by atoms with Gasteiger partial charge in [-0.15, -0.1) is 0 Å². The fraction of sp³-hybridized carbons (Fsp3) is 0.565. The monoisotopic (exact) mass is 414 g/mol. The molecule has 2 amide bonds. The number of hydrogen-bond acceptors (Lipinski definition) is 3. The van der Waals surface area contributed by atoms with Crippen LogP contribution < -0.4 is 5.32 Å². The average molecular weight is 415 g/mol. The Hall–Kier alpha value is -2.41. The molecule has 1 aromatic heterocycles. The number of aromatic nitrogens is 1. The number of H-pyrrole nitrogens is 1. The van der Waals surface area contributed by atoms with Crippen molar-refractivity contribution >= 4 is 22.7 Å². The van der Waals surface area contributed by atoms with Gasteiger partial charge in [0.2, 0.25) is 5.91 Å². The standard InChI is InChI=1S/C23H31FN4O2/c1-14-7-8-20(24)19-12-21(26-22(14)19)23(30)25-17-5-4-6-18(11-17)28-10-9-27(16(3)29)13-15(28)2/h7-8,12,15,17-18,26H,4-6,9-11,13H2,1-3H3,(H,25,30)/t15?,17-,18+/m1/s1. The van der Waals surface area contributed by atoms with Crippen LogP contribution in [0.4, 0.5) is 4.39 Å². The lowest BCUT2D eigenvalue weighted by Crippen LogP contribution is -2.58. The SMILES string of the molecule is CC(=O)N1CCN([C@H]2CCC[C@@H](NC(=O)c3cc4c(F)ccc(C)c4[nH]3)C2)C(C)C1. The van der Waals surface area contributed by atoms with Crippen molar-refractivity contribution < 1.29 is 14.0 Å². The summed E-state index contributed by atoms with van der Waals surface area (Å²) in [5.41, 5.74) is 2.00. The maximum atomic E-state index is 14.1. The lowest BCUT2D eigenvalue weighted by molar-refractivity contribution is -0.132. The predicted molar refractivity (Wildman–Crippen MR) is 115 cm³/mol. The topological polar surface area (TPSA) is 68.4 Å². The molecule has 1 unspecified atom stereocenters. The van der Waals surface area contributed by atoms with Gasteiger partial charge in [-0.2, -0.15) is 0 Å². The van der Waals surface area contributed by atoms with E-state index in [1.165, 1.54) is 6.07 Å². The summed E-state index contributed by atoms with van der Waals surface area (Å²) in [6, 6.07) is 5.60. The molecular formula is C23H31FN4O2. The quantitative estimate of drug-likeness (QED) is 0.810. The smallest absolute Gasteiger partial charge is 0.267 e. The number of fused-ring (bicyclic) bond motifs is 1. The molecule has 1 aliphatic heterocycles. The van der Waals surface area contributed by atoms with Crippen molar-refractivity contribution in [3.8, 4) is 0 Å². The highest BCUT2D eigenvalue weighted by Gasteiger charge is 2.34. The molecule has 2 aromatic rings. The van der Waals surface area contributed by atoms with Crippen molar-refractivity contribution in [2.75, 3.05) is 19.6 Å². The first-order valence-electron chi connectivity index (χ1n) is 10.9. The van der Waals surface area contributed by atoms with Crippen molar-refractivity contribution in [2.45, 2.75) is 64.6 Å². The first kappa shape index (κ1) is 20.8. The van der Waals surface area contributed by atoms with Crippen LogP contribution in [0.25, 0.3) is 10.9 Å². The van der Waals surface area contributed by atoms with Gasteiger partial charge >= 0.3 is 0 Å². The Bertz CT molecular complexity index is 917. The highest BCUT2D eigenvalue weighted by molar-refractivity contribution is 5.99. The van der Waals surface area contributed by atoms with Gasteiger partial charge in [0.1, 0.15) is 11.5 Å². The molecule has 3 atom stereocenters. The van der Waals surface area contributed by atoms with Crippen LogP contribution in [-0.4, -0.2) is 64.4 Å². The number of hydrogen-bond donors (Lipinski definition) is 2. The summed E-state index contributed by atoms with van der Waals surface area (Å²) < 4.78 is 14.1. The zero-order valence-corrected chi connectivity index (χ0v) is 18.0. The van der Waals surface area contributed by atoms with Crippen LogP contribution in [0.3, 0.4) is 0 Å². The molecule has 2 aliphatic rings. The Morgan fingerprint density at radius 3 is 2.73 bits per heavy atom. The van der Waals surface area contributed by atoms with E-state index in [4.69, 9.17) is 0 Å². The van der Waals surface area contributed by atoms with Crippen molar-refractivity contribution in [1.29, 1.82) is 0 Å². The Labute approximate surface area is 176 Å². The number of aromatic amines is 1. The van der Waals surface area contributed by atoms with Gasteiger partial charge in [0.05, 0.1) is 5.52 Å². The lowest BCUT2D eigenvalue weighted by Gasteiger charge is -2.46. The first-order chi connectivity index (χ1) is 14.3. The molecule has 1 aromatic carbocycles. The molecule has 1 saturated carbocycles. The number of nitrogens with one attached hydrogen (secondary N) is 2. The summed E-state index contributed by atoms with van der Waals surface area (Å²) in [7, 11) is 0. The molecular weight excluding hydrogens is 383 g/mol. The van der Waals surface area contributed by atoms with E-state index in [0.717, 1.165) is 50.9 Å². The second-order valence-electron chi connectivity index (χ2n) is 8.88. The molecule has 0 spiro atoms. The minimum absolute atomic E-state index is 0.103. The van der Waals surface area contributed by atoms with Crippen LogP contribution in [0.1, 0.15) is 55.6 Å². The summed E-state index contributed by atoms with van der Waals surface area (Å²) in [6.07, 6.45) is 4.05. The van der Waals surface area contributed by atoms with Gasteiger partial charge < -0.3 is 15.2 Å². The zero-order valence-electron chi connectivity index (χ0n) is 18.0. The van der Waals surface area contributed by atoms with E-state index in [-0.39, 0.29) is 23.7 Å². The summed E-state index contributed by atoms with van der Waals surface area (Å²) in [5, 5.41) is 3.62. The first-order valence-corrected chi connectivity index (χ1v) is 10.9. The van der Waals surface area contributed by atoms with Crippen LogP contribution in [-0.2, 0) is 4.79 Å². The van der Waals surface area contributed by atoms with Gasteiger partial charge in [-0.1, -0.05) is 6.07 Å². The lowest BCUT2D eigenvalue weighted by atomic mass is 9.88. The largest absolute Gasteiger partial charge is 0.350 e. The summed E-state index contributed by atoms with van der Waals surface area (Å²) >= 11 is 0. The summed E-state index contributed by atoms with van der Waals surface area (Å²) in [6.45, 7) is 8.13. The Kier molecular flexibility index (Phi) is 5.82. The number of piperazine rings is 1. The fourth-order valence-electron chi connectivity index (χ4n) is 5.11. The molecule has 1 saturated heterocycles. The molecule has 6 nitrogen and oxygen atoms in total. The molecule has 0 bridgehead atoms. The number of nitrogens with zero attached hydrogens (tertiary/aromatic N) is 2. The second kappa shape index (κ2) is 8.38. The highest BCUT2D eigenvalue weighted by atomic mass is 19.1. The molecule has 162 valence electrons. The molecule has 2 heterocycles. The Morgan fingerprint density at radius 1 is 1.23 bits per heavy atom. The summed E-state index contributed by atoms with van der Waals surface area (Å²) in [5.74, 6) is -0.354. The molecule has 0 radical (unpaired) electrons. The normalized spacial score (nSPS) is 25.5. The zero-order chi connectivity index (χ0) is 21.4. The predicted octanol–water partition coefficient (Wildman–Crippen LogP) is 3.21. The van der Waals surface area contributed by atoms with E-state index in [9.17, 15) is 14.0 Å². The van der Waals surface area contributed by atoms with E-state index >= 15 is 0 Å².